The predicted octanol–water partition coefficient (Wildman–Crippen LogP) is 0.871. The van der Waals surface area contributed by atoms with E-state index in [0.29, 0.717) is 25.9 Å². The SMILES string of the molecule is CC1CC(C(=O)O)CCN1C(=O)NCc1ccncn1. The van der Waals surface area contributed by atoms with E-state index in [4.69, 9.17) is 5.11 Å². The molecular weight excluding hydrogens is 260 g/mol. The van der Waals surface area contributed by atoms with Crippen molar-refractivity contribution < 1.29 is 14.7 Å². The minimum Gasteiger partial charge on any atom is -0.481 e. The second-order valence-electron chi connectivity index (χ2n) is 4.96. The van der Waals surface area contributed by atoms with Gasteiger partial charge in [0.2, 0.25) is 0 Å². The molecule has 1 fully saturated rings. The van der Waals surface area contributed by atoms with Crippen LogP contribution in [0, 0.1) is 5.92 Å². The number of aliphatic carboxylic acids is 1. The molecular formula is C13H18N4O3. The highest BCUT2D eigenvalue weighted by Crippen LogP contribution is 2.22. The van der Waals surface area contributed by atoms with Crippen molar-refractivity contribution in [3.63, 3.8) is 0 Å². The van der Waals surface area contributed by atoms with E-state index in [1.165, 1.54) is 6.33 Å². The molecule has 2 amide bonds. The third kappa shape index (κ3) is 3.43. The Morgan fingerprint density at radius 2 is 2.35 bits per heavy atom. The molecule has 0 saturated carbocycles. The van der Waals surface area contributed by atoms with Crippen LogP contribution < -0.4 is 5.32 Å². The first kappa shape index (κ1) is 14.2. The summed E-state index contributed by atoms with van der Waals surface area (Å²) in [5.41, 5.74) is 0.737. The zero-order valence-corrected chi connectivity index (χ0v) is 11.3. The van der Waals surface area contributed by atoms with Gasteiger partial charge in [0.05, 0.1) is 18.2 Å². The maximum atomic E-state index is 12.1. The van der Waals surface area contributed by atoms with E-state index in [0.717, 1.165) is 5.69 Å². The van der Waals surface area contributed by atoms with Gasteiger partial charge in [0.25, 0.3) is 0 Å². The van der Waals surface area contributed by atoms with Crippen LogP contribution in [0.3, 0.4) is 0 Å². The van der Waals surface area contributed by atoms with Crippen LogP contribution in [0.15, 0.2) is 18.6 Å². The van der Waals surface area contributed by atoms with E-state index in [1.807, 2.05) is 6.92 Å². The van der Waals surface area contributed by atoms with Gasteiger partial charge in [-0.2, -0.15) is 0 Å². The lowest BCUT2D eigenvalue weighted by Crippen LogP contribution is -2.50. The number of urea groups is 1. The Kier molecular flexibility index (Phi) is 4.49. The number of hydrogen-bond donors (Lipinski definition) is 2. The minimum absolute atomic E-state index is 0.0738. The minimum atomic E-state index is -0.780. The molecule has 7 nitrogen and oxygen atoms in total. The molecule has 2 rings (SSSR count). The van der Waals surface area contributed by atoms with Gasteiger partial charge in [-0.1, -0.05) is 0 Å². The van der Waals surface area contributed by atoms with Crippen LogP contribution in [-0.4, -0.2) is 44.6 Å². The van der Waals surface area contributed by atoms with Crippen LogP contribution in [0.4, 0.5) is 4.79 Å². The molecule has 0 aromatic carbocycles. The largest absolute Gasteiger partial charge is 0.481 e. The molecule has 2 atom stereocenters. The van der Waals surface area contributed by atoms with Gasteiger partial charge in [0.1, 0.15) is 6.33 Å². The number of piperidine rings is 1. The van der Waals surface area contributed by atoms with E-state index in [-0.39, 0.29) is 18.0 Å². The molecule has 2 N–H and O–H groups in total. The Morgan fingerprint density at radius 1 is 1.55 bits per heavy atom. The Bertz CT molecular complexity index is 480. The summed E-state index contributed by atoms with van der Waals surface area (Å²) in [6, 6.07) is 1.48. The number of carboxylic acid groups (broad SMARTS) is 1. The van der Waals surface area contributed by atoms with Crippen LogP contribution >= 0.6 is 0 Å². The molecule has 1 aliphatic rings. The second kappa shape index (κ2) is 6.31. The van der Waals surface area contributed by atoms with Crippen molar-refractivity contribution in [3.05, 3.63) is 24.3 Å². The number of carbonyl (C=O) groups excluding carboxylic acids is 1. The standard InChI is InChI=1S/C13H18N4O3/c1-9-6-10(12(18)19)3-5-17(9)13(20)15-7-11-2-4-14-8-16-11/h2,4,8-10H,3,5-7H2,1H3,(H,15,20)(H,18,19). The molecule has 2 unspecified atom stereocenters. The summed E-state index contributed by atoms with van der Waals surface area (Å²) in [4.78, 5) is 32.6. The topological polar surface area (TPSA) is 95.4 Å². The first-order valence-corrected chi connectivity index (χ1v) is 6.60. The summed E-state index contributed by atoms with van der Waals surface area (Å²) in [6.45, 7) is 2.68. The Balaban J connectivity index is 1.85. The van der Waals surface area contributed by atoms with Gasteiger partial charge in [-0.05, 0) is 25.8 Å². The zero-order chi connectivity index (χ0) is 14.5. The summed E-state index contributed by atoms with van der Waals surface area (Å²) < 4.78 is 0. The zero-order valence-electron chi connectivity index (χ0n) is 11.3. The van der Waals surface area contributed by atoms with Crippen LogP contribution in [0.1, 0.15) is 25.5 Å². The van der Waals surface area contributed by atoms with Crippen molar-refractivity contribution >= 4 is 12.0 Å². The third-order valence-electron chi connectivity index (χ3n) is 3.55. The maximum absolute atomic E-state index is 12.1. The first-order valence-electron chi connectivity index (χ1n) is 6.60. The summed E-state index contributed by atoms with van der Waals surface area (Å²) in [7, 11) is 0. The normalized spacial score (nSPS) is 22.4. The fraction of sp³-hybridized carbons (Fsp3) is 0.538. The van der Waals surface area contributed by atoms with E-state index < -0.39 is 5.97 Å². The fourth-order valence-corrected chi connectivity index (χ4v) is 2.39. The van der Waals surface area contributed by atoms with Gasteiger partial charge in [-0.15, -0.1) is 0 Å². The average Bonchev–Trinajstić information content (AvgIpc) is 2.45. The van der Waals surface area contributed by atoms with Gasteiger partial charge in [-0.25, -0.2) is 14.8 Å². The van der Waals surface area contributed by atoms with Crippen LogP contribution in [0.2, 0.25) is 0 Å². The lowest BCUT2D eigenvalue weighted by atomic mass is 9.92. The Labute approximate surface area is 117 Å². The number of carbonyl (C=O) groups is 2. The fourth-order valence-electron chi connectivity index (χ4n) is 2.39. The third-order valence-corrected chi connectivity index (χ3v) is 3.55. The van der Waals surface area contributed by atoms with Gasteiger partial charge in [0.15, 0.2) is 0 Å². The summed E-state index contributed by atoms with van der Waals surface area (Å²) in [5, 5.41) is 11.8. The number of rotatable bonds is 3. The number of aromatic nitrogens is 2. The summed E-state index contributed by atoms with van der Waals surface area (Å²) in [6.07, 6.45) is 4.05. The molecule has 1 aromatic heterocycles. The number of nitrogens with one attached hydrogen (secondary N) is 1. The van der Waals surface area contributed by atoms with Gasteiger partial charge in [0, 0.05) is 18.8 Å². The van der Waals surface area contributed by atoms with E-state index in [2.05, 4.69) is 15.3 Å². The van der Waals surface area contributed by atoms with E-state index >= 15 is 0 Å². The number of likely N-dealkylation sites (tertiary alicyclic amines) is 1. The van der Waals surface area contributed by atoms with Crippen LogP contribution in [0.5, 0.6) is 0 Å². The number of hydrogen-bond acceptors (Lipinski definition) is 4. The molecule has 1 aromatic rings. The van der Waals surface area contributed by atoms with Crippen molar-refractivity contribution in [2.45, 2.75) is 32.4 Å². The lowest BCUT2D eigenvalue weighted by Gasteiger charge is -2.36. The Morgan fingerprint density at radius 3 is 2.95 bits per heavy atom. The number of nitrogens with zero attached hydrogens (tertiary/aromatic N) is 3. The van der Waals surface area contributed by atoms with Crippen molar-refractivity contribution in [2.24, 2.45) is 5.92 Å². The van der Waals surface area contributed by atoms with Crippen molar-refractivity contribution in [1.82, 2.24) is 20.2 Å². The van der Waals surface area contributed by atoms with Crippen molar-refractivity contribution in [1.29, 1.82) is 0 Å². The average molecular weight is 278 g/mol. The quantitative estimate of drug-likeness (QED) is 0.855. The lowest BCUT2D eigenvalue weighted by molar-refractivity contribution is -0.143. The highest BCUT2D eigenvalue weighted by molar-refractivity contribution is 5.75. The van der Waals surface area contributed by atoms with Gasteiger partial charge >= 0.3 is 12.0 Å². The van der Waals surface area contributed by atoms with Gasteiger partial charge in [-0.3, -0.25) is 4.79 Å². The second-order valence-corrected chi connectivity index (χ2v) is 4.96. The Hall–Kier alpha value is -2.18. The molecule has 1 aliphatic heterocycles. The number of carboxylic acids is 1. The molecule has 108 valence electrons. The maximum Gasteiger partial charge on any atom is 0.317 e. The van der Waals surface area contributed by atoms with E-state index in [1.54, 1.807) is 17.2 Å². The molecule has 0 radical (unpaired) electrons. The molecule has 7 heteroatoms. The molecule has 0 bridgehead atoms. The molecule has 0 aliphatic carbocycles. The highest BCUT2D eigenvalue weighted by Gasteiger charge is 2.32. The predicted molar refractivity (Wildman–Crippen MR) is 70.8 cm³/mol. The first-order chi connectivity index (χ1) is 9.58. The molecule has 2 heterocycles. The summed E-state index contributed by atoms with van der Waals surface area (Å²) >= 11 is 0. The number of amides is 2. The smallest absolute Gasteiger partial charge is 0.317 e. The van der Waals surface area contributed by atoms with E-state index in [9.17, 15) is 9.59 Å². The van der Waals surface area contributed by atoms with Crippen molar-refractivity contribution in [3.8, 4) is 0 Å². The summed E-state index contributed by atoms with van der Waals surface area (Å²) in [5.74, 6) is -1.13. The highest BCUT2D eigenvalue weighted by atomic mass is 16.4. The molecule has 1 saturated heterocycles. The van der Waals surface area contributed by atoms with Crippen molar-refractivity contribution in [2.75, 3.05) is 6.54 Å². The van der Waals surface area contributed by atoms with Crippen LogP contribution in [0.25, 0.3) is 0 Å². The van der Waals surface area contributed by atoms with Gasteiger partial charge < -0.3 is 15.3 Å². The van der Waals surface area contributed by atoms with Crippen LogP contribution in [-0.2, 0) is 11.3 Å². The molecule has 0 spiro atoms. The monoisotopic (exact) mass is 278 g/mol. The molecule has 20 heavy (non-hydrogen) atoms.